The lowest BCUT2D eigenvalue weighted by atomic mass is 10.2. The Balaban J connectivity index is 1.90. The highest BCUT2D eigenvalue weighted by Gasteiger charge is 2.20. The molecule has 3 aromatic rings. The molecule has 7 heteroatoms. The maximum atomic E-state index is 12.9. The molecule has 0 N–H and O–H groups in total. The summed E-state index contributed by atoms with van der Waals surface area (Å²) >= 11 is 7.78. The average molecular weight is 405 g/mol. The summed E-state index contributed by atoms with van der Waals surface area (Å²) in [6.45, 7) is 9.27. The van der Waals surface area contributed by atoms with E-state index in [2.05, 4.69) is 12.0 Å². The molecule has 0 bridgehead atoms. The van der Waals surface area contributed by atoms with E-state index in [1.165, 1.54) is 0 Å². The van der Waals surface area contributed by atoms with Gasteiger partial charge in [0.15, 0.2) is 5.13 Å². The van der Waals surface area contributed by atoms with Gasteiger partial charge in [0.25, 0.3) is 0 Å². The highest BCUT2D eigenvalue weighted by atomic mass is 35.5. The lowest BCUT2D eigenvalue weighted by molar-refractivity contribution is -0.118. The molecule has 2 heterocycles. The van der Waals surface area contributed by atoms with Crippen LogP contribution in [0.25, 0.3) is 10.2 Å². The van der Waals surface area contributed by atoms with Crippen molar-refractivity contribution < 1.29 is 4.79 Å². The Morgan fingerprint density at radius 2 is 2.07 bits per heavy atom. The number of rotatable bonds is 7. The number of benzene rings is 1. The average Bonchev–Trinajstić information content (AvgIpc) is 3.20. The zero-order chi connectivity index (χ0) is 19.6. The second-order valence-electron chi connectivity index (χ2n) is 6.81. The third-order valence-corrected chi connectivity index (χ3v) is 6.10. The number of aromatic nitrogens is 3. The Labute approximate surface area is 169 Å². The molecule has 0 saturated carbocycles. The second-order valence-corrected chi connectivity index (χ2v) is 8.23. The largest absolute Gasteiger partial charge is 0.286 e. The van der Waals surface area contributed by atoms with Crippen molar-refractivity contribution in [3.05, 3.63) is 40.2 Å². The van der Waals surface area contributed by atoms with Crippen LogP contribution in [0.5, 0.6) is 0 Å². The summed E-state index contributed by atoms with van der Waals surface area (Å²) in [7, 11) is 0. The van der Waals surface area contributed by atoms with E-state index in [4.69, 9.17) is 16.6 Å². The van der Waals surface area contributed by atoms with Crippen molar-refractivity contribution in [2.75, 3.05) is 11.4 Å². The van der Waals surface area contributed by atoms with E-state index >= 15 is 0 Å². The Morgan fingerprint density at radius 3 is 2.74 bits per heavy atom. The SMILES string of the molecule is CCCCC(=O)N(CCn1nc(C)cc1C)c1nc2c(C)c(Cl)ccc2s1. The predicted octanol–water partition coefficient (Wildman–Crippen LogP) is 5.29. The van der Waals surface area contributed by atoms with Crippen LogP contribution in [-0.2, 0) is 11.3 Å². The molecule has 27 heavy (non-hydrogen) atoms. The zero-order valence-electron chi connectivity index (χ0n) is 16.3. The van der Waals surface area contributed by atoms with Crippen LogP contribution >= 0.6 is 22.9 Å². The molecule has 0 aliphatic carbocycles. The number of thiazole rings is 1. The Morgan fingerprint density at radius 1 is 1.30 bits per heavy atom. The van der Waals surface area contributed by atoms with Crippen LogP contribution in [-0.4, -0.2) is 27.2 Å². The molecular formula is C20H25ClN4OS. The Hall–Kier alpha value is -1.92. The number of halogens is 1. The minimum atomic E-state index is 0.112. The van der Waals surface area contributed by atoms with E-state index in [0.29, 0.717) is 24.5 Å². The third-order valence-electron chi connectivity index (χ3n) is 4.65. The minimum Gasteiger partial charge on any atom is -0.286 e. The first-order valence-electron chi connectivity index (χ1n) is 9.27. The number of carbonyl (C=O) groups is 1. The molecule has 5 nitrogen and oxygen atoms in total. The minimum absolute atomic E-state index is 0.112. The van der Waals surface area contributed by atoms with Gasteiger partial charge in [0, 0.05) is 23.7 Å². The maximum Gasteiger partial charge on any atom is 0.228 e. The van der Waals surface area contributed by atoms with Gasteiger partial charge in [-0.3, -0.25) is 14.4 Å². The molecule has 1 amide bonds. The number of unbranched alkanes of at least 4 members (excludes halogenated alkanes) is 1. The van der Waals surface area contributed by atoms with Gasteiger partial charge in [-0.05, 0) is 51.0 Å². The number of fused-ring (bicyclic) bond motifs is 1. The molecule has 2 aromatic heterocycles. The fourth-order valence-corrected chi connectivity index (χ4v) is 4.31. The van der Waals surface area contributed by atoms with Crippen molar-refractivity contribution >= 4 is 44.2 Å². The summed E-state index contributed by atoms with van der Waals surface area (Å²) in [4.78, 5) is 19.4. The first-order chi connectivity index (χ1) is 12.9. The summed E-state index contributed by atoms with van der Waals surface area (Å²) < 4.78 is 3.00. The molecular weight excluding hydrogens is 380 g/mol. The van der Waals surface area contributed by atoms with E-state index in [0.717, 1.165) is 45.1 Å². The number of hydrogen-bond acceptors (Lipinski definition) is 4. The fourth-order valence-electron chi connectivity index (χ4n) is 3.09. The molecule has 144 valence electrons. The molecule has 0 aliphatic rings. The van der Waals surface area contributed by atoms with Gasteiger partial charge in [-0.2, -0.15) is 5.10 Å². The summed E-state index contributed by atoms with van der Waals surface area (Å²) in [5.74, 6) is 0.112. The number of amides is 1. The van der Waals surface area contributed by atoms with Gasteiger partial charge < -0.3 is 0 Å². The molecule has 0 atom stereocenters. The van der Waals surface area contributed by atoms with E-state index in [-0.39, 0.29) is 5.91 Å². The predicted molar refractivity (Wildman–Crippen MR) is 113 cm³/mol. The standard InChI is InChI=1S/C20H25ClN4OS/c1-5-6-7-18(26)24(10-11-25-14(3)12-13(2)23-25)20-22-19-15(4)16(21)8-9-17(19)27-20/h8-9,12H,5-7,10-11H2,1-4H3. The first kappa shape index (κ1) is 19.8. The summed E-state index contributed by atoms with van der Waals surface area (Å²) in [5.41, 5.74) is 3.92. The van der Waals surface area contributed by atoms with E-state index in [9.17, 15) is 4.79 Å². The molecule has 0 fully saturated rings. The van der Waals surface area contributed by atoms with Crippen molar-refractivity contribution in [3.63, 3.8) is 0 Å². The smallest absolute Gasteiger partial charge is 0.228 e. The summed E-state index contributed by atoms with van der Waals surface area (Å²) in [6, 6.07) is 5.91. The Bertz CT molecular complexity index is 962. The first-order valence-corrected chi connectivity index (χ1v) is 10.5. The third kappa shape index (κ3) is 4.33. The van der Waals surface area contributed by atoms with Gasteiger partial charge in [0.1, 0.15) is 0 Å². The van der Waals surface area contributed by atoms with Gasteiger partial charge in [-0.15, -0.1) is 0 Å². The van der Waals surface area contributed by atoms with Crippen LogP contribution < -0.4 is 4.90 Å². The topological polar surface area (TPSA) is 51.0 Å². The van der Waals surface area contributed by atoms with Gasteiger partial charge in [-0.1, -0.05) is 36.3 Å². The molecule has 1 aromatic carbocycles. The van der Waals surface area contributed by atoms with Crippen molar-refractivity contribution in [2.24, 2.45) is 0 Å². The number of nitrogens with zero attached hydrogens (tertiary/aromatic N) is 4. The number of hydrogen-bond donors (Lipinski definition) is 0. The van der Waals surface area contributed by atoms with Crippen LogP contribution in [0.3, 0.4) is 0 Å². The normalized spacial score (nSPS) is 11.3. The number of carbonyl (C=O) groups excluding carboxylic acids is 1. The lowest BCUT2D eigenvalue weighted by Gasteiger charge is -2.20. The van der Waals surface area contributed by atoms with E-state index < -0.39 is 0 Å². The molecule has 0 radical (unpaired) electrons. The summed E-state index contributed by atoms with van der Waals surface area (Å²) in [6.07, 6.45) is 2.40. The maximum absolute atomic E-state index is 12.9. The van der Waals surface area contributed by atoms with Crippen LogP contribution in [0.4, 0.5) is 5.13 Å². The van der Waals surface area contributed by atoms with Crippen LogP contribution in [0.15, 0.2) is 18.2 Å². The van der Waals surface area contributed by atoms with Crippen LogP contribution in [0.2, 0.25) is 5.02 Å². The van der Waals surface area contributed by atoms with Gasteiger partial charge >= 0.3 is 0 Å². The van der Waals surface area contributed by atoms with Gasteiger partial charge in [-0.25, -0.2) is 4.98 Å². The van der Waals surface area contributed by atoms with Crippen LogP contribution in [0, 0.1) is 20.8 Å². The summed E-state index contributed by atoms with van der Waals surface area (Å²) in [5, 5.41) is 5.94. The molecule has 0 spiro atoms. The monoisotopic (exact) mass is 404 g/mol. The molecule has 0 unspecified atom stereocenters. The Kier molecular flexibility index (Phi) is 6.17. The zero-order valence-corrected chi connectivity index (χ0v) is 17.8. The molecule has 3 rings (SSSR count). The second kappa shape index (κ2) is 8.40. The number of anilines is 1. The van der Waals surface area contributed by atoms with Gasteiger partial charge in [0.2, 0.25) is 5.91 Å². The van der Waals surface area contributed by atoms with Gasteiger partial charge in [0.05, 0.1) is 22.5 Å². The quantitative estimate of drug-likeness (QED) is 0.537. The molecule has 0 saturated heterocycles. The lowest BCUT2D eigenvalue weighted by Crippen LogP contribution is -2.34. The van der Waals surface area contributed by atoms with Crippen molar-refractivity contribution in [1.82, 2.24) is 14.8 Å². The molecule has 0 aliphatic heterocycles. The number of aryl methyl sites for hydroxylation is 3. The van der Waals surface area contributed by atoms with Crippen molar-refractivity contribution in [2.45, 2.75) is 53.5 Å². The van der Waals surface area contributed by atoms with Crippen molar-refractivity contribution in [3.8, 4) is 0 Å². The highest BCUT2D eigenvalue weighted by molar-refractivity contribution is 7.22. The fraction of sp³-hybridized carbons (Fsp3) is 0.450. The highest BCUT2D eigenvalue weighted by Crippen LogP contribution is 2.33. The van der Waals surface area contributed by atoms with Crippen molar-refractivity contribution in [1.29, 1.82) is 0 Å². The van der Waals surface area contributed by atoms with Crippen LogP contribution in [0.1, 0.15) is 43.1 Å². The van der Waals surface area contributed by atoms with E-state index in [1.807, 2.05) is 48.6 Å². The van der Waals surface area contributed by atoms with E-state index in [1.54, 1.807) is 11.3 Å².